The first-order valence-corrected chi connectivity index (χ1v) is 11.7. The highest BCUT2D eigenvalue weighted by Gasteiger charge is 2.25. The highest BCUT2D eigenvalue weighted by Crippen LogP contribution is 2.62. The van der Waals surface area contributed by atoms with E-state index in [-0.39, 0.29) is 10.8 Å². The molecule has 0 rings (SSSR count). The molecule has 0 aromatic heterocycles. The van der Waals surface area contributed by atoms with E-state index in [1.165, 1.54) is 19.3 Å². The van der Waals surface area contributed by atoms with E-state index in [2.05, 4.69) is 48.5 Å². The number of unbranched alkanes of at least 4 members (excludes halogenated alkanes) is 2. The summed E-state index contributed by atoms with van der Waals surface area (Å²) in [6, 6.07) is 0. The summed E-state index contributed by atoms with van der Waals surface area (Å²) in [6.45, 7) is 16.5. The van der Waals surface area contributed by atoms with Crippen molar-refractivity contribution in [2.24, 2.45) is 10.8 Å². The highest BCUT2D eigenvalue weighted by molar-refractivity contribution is 8.67. The van der Waals surface area contributed by atoms with Crippen LogP contribution in [0.2, 0.25) is 0 Å². The summed E-state index contributed by atoms with van der Waals surface area (Å²) in [4.78, 5) is 0. The molecule has 0 fully saturated rings. The summed E-state index contributed by atoms with van der Waals surface area (Å²) in [6.07, 6.45) is 3.67. The molecular formula is C15H33O2PS2. The van der Waals surface area contributed by atoms with Gasteiger partial charge in [-0.25, -0.2) is 0 Å². The van der Waals surface area contributed by atoms with E-state index < -0.39 is 5.69 Å². The van der Waals surface area contributed by atoms with E-state index in [0.717, 1.165) is 5.75 Å². The molecule has 0 saturated heterocycles. The molecule has 0 bridgehead atoms. The van der Waals surface area contributed by atoms with Gasteiger partial charge in [-0.05, 0) is 29.1 Å². The molecule has 0 N–H and O–H groups in total. The van der Waals surface area contributed by atoms with E-state index in [1.54, 1.807) is 11.4 Å². The van der Waals surface area contributed by atoms with Gasteiger partial charge in [-0.1, -0.05) is 72.7 Å². The molecule has 5 heteroatoms. The van der Waals surface area contributed by atoms with E-state index in [0.29, 0.717) is 13.2 Å². The molecule has 0 amide bonds. The fourth-order valence-electron chi connectivity index (χ4n) is 1.19. The summed E-state index contributed by atoms with van der Waals surface area (Å²) in [5.41, 5.74) is -1.95. The topological polar surface area (TPSA) is 18.5 Å². The van der Waals surface area contributed by atoms with Gasteiger partial charge in [-0.15, -0.1) is 0 Å². The van der Waals surface area contributed by atoms with Crippen LogP contribution in [-0.4, -0.2) is 19.0 Å². The second kappa shape index (κ2) is 9.15. The first-order valence-electron chi connectivity index (χ1n) is 7.51. The molecule has 0 aliphatic carbocycles. The quantitative estimate of drug-likeness (QED) is 0.364. The third-order valence-corrected chi connectivity index (χ3v) is 7.70. The molecule has 20 heavy (non-hydrogen) atoms. The van der Waals surface area contributed by atoms with Crippen LogP contribution in [0.15, 0.2) is 0 Å². The molecular weight excluding hydrogens is 307 g/mol. The smallest absolute Gasteiger partial charge is 0.247 e. The van der Waals surface area contributed by atoms with Crippen LogP contribution in [0.25, 0.3) is 0 Å². The minimum Gasteiger partial charge on any atom is -0.321 e. The second-order valence-electron chi connectivity index (χ2n) is 7.66. The van der Waals surface area contributed by atoms with Crippen molar-refractivity contribution < 1.29 is 9.05 Å². The third kappa shape index (κ3) is 12.6. The fraction of sp³-hybridized carbons (Fsp3) is 1.00. The molecule has 0 saturated carbocycles. The van der Waals surface area contributed by atoms with Crippen molar-refractivity contribution >= 4 is 28.9 Å². The predicted octanol–water partition coefficient (Wildman–Crippen LogP) is 6.26. The maximum Gasteiger partial charge on any atom is 0.247 e. The van der Waals surface area contributed by atoms with Gasteiger partial charge < -0.3 is 9.05 Å². The molecule has 0 spiro atoms. The van der Waals surface area contributed by atoms with Gasteiger partial charge >= 0.3 is 0 Å². The molecule has 0 aromatic carbocycles. The molecule has 0 aliphatic rings. The van der Waals surface area contributed by atoms with Crippen molar-refractivity contribution in [1.29, 1.82) is 0 Å². The SMILES string of the molecule is CCCCCSP(=S)(OCC(C)(C)C)OCC(C)(C)C. The predicted molar refractivity (Wildman–Crippen MR) is 97.1 cm³/mol. The van der Waals surface area contributed by atoms with Crippen LogP contribution in [0.3, 0.4) is 0 Å². The van der Waals surface area contributed by atoms with Gasteiger partial charge in [0.2, 0.25) is 5.69 Å². The van der Waals surface area contributed by atoms with E-state index >= 15 is 0 Å². The Morgan fingerprint density at radius 3 is 1.70 bits per heavy atom. The lowest BCUT2D eigenvalue weighted by Gasteiger charge is -2.29. The maximum atomic E-state index is 6.04. The zero-order valence-corrected chi connectivity index (χ0v) is 16.9. The van der Waals surface area contributed by atoms with Gasteiger partial charge in [0, 0.05) is 5.75 Å². The molecule has 122 valence electrons. The van der Waals surface area contributed by atoms with Gasteiger partial charge in [-0.3, -0.25) is 0 Å². The molecule has 0 unspecified atom stereocenters. The maximum absolute atomic E-state index is 6.04. The lowest BCUT2D eigenvalue weighted by atomic mass is 9.99. The zero-order valence-electron chi connectivity index (χ0n) is 14.3. The summed E-state index contributed by atoms with van der Waals surface area (Å²) in [5, 5.41) is 0. The van der Waals surface area contributed by atoms with Crippen molar-refractivity contribution in [1.82, 2.24) is 0 Å². The first kappa shape index (κ1) is 20.9. The Labute approximate surface area is 135 Å². The molecule has 2 nitrogen and oxygen atoms in total. The van der Waals surface area contributed by atoms with E-state index in [4.69, 9.17) is 20.9 Å². The van der Waals surface area contributed by atoms with Crippen LogP contribution in [0, 0.1) is 10.8 Å². The lowest BCUT2D eigenvalue weighted by molar-refractivity contribution is 0.155. The number of hydrogen-bond acceptors (Lipinski definition) is 4. The van der Waals surface area contributed by atoms with Crippen molar-refractivity contribution in [2.45, 2.75) is 67.7 Å². The largest absolute Gasteiger partial charge is 0.321 e. The van der Waals surface area contributed by atoms with Crippen molar-refractivity contribution in [3.05, 3.63) is 0 Å². The highest BCUT2D eigenvalue weighted by atomic mass is 32.9. The third-order valence-electron chi connectivity index (χ3n) is 2.31. The van der Waals surface area contributed by atoms with E-state index in [9.17, 15) is 0 Å². The van der Waals surface area contributed by atoms with Crippen LogP contribution < -0.4 is 0 Å². The van der Waals surface area contributed by atoms with Gasteiger partial charge in [0.25, 0.3) is 0 Å². The van der Waals surface area contributed by atoms with Gasteiger partial charge in [0.15, 0.2) is 0 Å². The van der Waals surface area contributed by atoms with Crippen molar-refractivity contribution in [3.8, 4) is 0 Å². The Morgan fingerprint density at radius 1 is 0.900 bits per heavy atom. The first-order chi connectivity index (χ1) is 8.97. The van der Waals surface area contributed by atoms with Gasteiger partial charge in [0.1, 0.15) is 0 Å². The monoisotopic (exact) mass is 340 g/mol. The van der Waals surface area contributed by atoms with Crippen LogP contribution in [0.1, 0.15) is 67.7 Å². The second-order valence-corrected chi connectivity index (χ2v) is 14.1. The average Bonchev–Trinajstić information content (AvgIpc) is 2.29. The van der Waals surface area contributed by atoms with Crippen molar-refractivity contribution in [2.75, 3.05) is 19.0 Å². The molecule has 0 aromatic rings. The summed E-state index contributed by atoms with van der Waals surface area (Å²) in [5.74, 6) is 1.04. The fourth-order valence-corrected chi connectivity index (χ4v) is 5.87. The molecule has 0 heterocycles. The van der Waals surface area contributed by atoms with Crippen molar-refractivity contribution in [3.63, 3.8) is 0 Å². The molecule has 0 atom stereocenters. The number of hydrogen-bond donors (Lipinski definition) is 0. The summed E-state index contributed by atoms with van der Waals surface area (Å²) < 4.78 is 12.1. The standard InChI is InChI=1S/C15H33O2PS2/c1-8-9-10-11-20-18(19,16-12-14(2,3)4)17-13-15(5,6)7/h8-13H2,1-7H3. The Balaban J connectivity index is 4.46. The van der Waals surface area contributed by atoms with Gasteiger partial charge in [0.05, 0.1) is 13.2 Å². The zero-order chi connectivity index (χ0) is 15.9. The Bertz CT molecular complexity index is 284. The van der Waals surface area contributed by atoms with Crippen LogP contribution in [-0.2, 0) is 20.9 Å². The van der Waals surface area contributed by atoms with E-state index in [1.807, 2.05) is 0 Å². The summed E-state index contributed by atoms with van der Waals surface area (Å²) >= 11 is 7.44. The Kier molecular flexibility index (Phi) is 9.57. The Morgan fingerprint density at radius 2 is 1.35 bits per heavy atom. The lowest BCUT2D eigenvalue weighted by Crippen LogP contribution is -2.16. The van der Waals surface area contributed by atoms with Crippen LogP contribution in [0.5, 0.6) is 0 Å². The van der Waals surface area contributed by atoms with Crippen LogP contribution >= 0.6 is 17.1 Å². The average molecular weight is 341 g/mol. The van der Waals surface area contributed by atoms with Crippen LogP contribution in [0.4, 0.5) is 0 Å². The summed E-state index contributed by atoms with van der Waals surface area (Å²) in [7, 11) is 0. The normalized spacial score (nSPS) is 13.8. The Hall–Kier alpha value is 0.920. The molecule has 0 aliphatic heterocycles. The minimum atomic E-state index is -2.20. The number of rotatable bonds is 9. The van der Waals surface area contributed by atoms with Gasteiger partial charge in [-0.2, -0.15) is 0 Å². The minimum absolute atomic E-state index is 0.124. The molecule has 0 radical (unpaired) electrons.